The number of hydrogen-bond acceptors (Lipinski definition) is 4. The fourth-order valence-electron chi connectivity index (χ4n) is 2.21. The van der Waals surface area contributed by atoms with Gasteiger partial charge in [0.05, 0.1) is 0 Å². The van der Waals surface area contributed by atoms with Crippen molar-refractivity contribution >= 4 is 23.9 Å². The van der Waals surface area contributed by atoms with Crippen LogP contribution < -0.4 is 5.32 Å². The Balaban J connectivity index is 1.78. The molecule has 0 radical (unpaired) electrons. The lowest BCUT2D eigenvalue weighted by Gasteiger charge is -2.22. The molecule has 1 atom stereocenters. The Morgan fingerprint density at radius 2 is 2.04 bits per heavy atom. The predicted octanol–water partition coefficient (Wildman–Crippen LogP) is 2.97. The van der Waals surface area contributed by atoms with Crippen LogP contribution in [-0.2, 0) is 4.79 Å². The van der Waals surface area contributed by atoms with Crippen molar-refractivity contribution in [2.45, 2.75) is 27.0 Å². The molecule has 0 spiro atoms. The van der Waals surface area contributed by atoms with Gasteiger partial charge in [0.1, 0.15) is 18.0 Å². The maximum Gasteiger partial charge on any atom is 0.230 e. The molecular weight excluding hydrogens is 316 g/mol. The molecule has 0 saturated heterocycles. The third kappa shape index (κ3) is 3.73. The molecule has 1 unspecified atom stereocenters. The van der Waals surface area contributed by atoms with Crippen molar-refractivity contribution in [2.75, 3.05) is 5.32 Å². The largest absolute Gasteiger partial charge is 0.368 e. The molecule has 1 aliphatic heterocycles. The van der Waals surface area contributed by atoms with E-state index in [0.29, 0.717) is 17.2 Å². The van der Waals surface area contributed by atoms with Crippen LogP contribution in [0.15, 0.2) is 41.4 Å². The van der Waals surface area contributed by atoms with Crippen molar-refractivity contribution in [1.29, 1.82) is 0 Å². The zero-order valence-corrected chi connectivity index (χ0v) is 14.4. The van der Waals surface area contributed by atoms with Crippen LogP contribution in [0.5, 0.6) is 0 Å². The first-order chi connectivity index (χ1) is 11.8. The molecule has 0 saturated carbocycles. The molecule has 0 fully saturated rings. The van der Waals surface area contributed by atoms with E-state index in [-0.39, 0.29) is 5.91 Å². The highest BCUT2D eigenvalue weighted by molar-refractivity contribution is 5.94. The number of aliphatic hydroxyl groups is 1. The minimum atomic E-state index is -0.958. The Morgan fingerprint density at radius 1 is 1.32 bits per heavy atom. The smallest absolute Gasteiger partial charge is 0.230 e. The highest BCUT2D eigenvalue weighted by Crippen LogP contribution is 2.33. The Hall–Kier alpha value is -3.04. The molecule has 6 heteroatoms. The third-order valence-electron chi connectivity index (χ3n) is 3.71. The van der Waals surface area contributed by atoms with Crippen LogP contribution >= 0.6 is 0 Å². The van der Waals surface area contributed by atoms with Gasteiger partial charge in [0.25, 0.3) is 0 Å². The van der Waals surface area contributed by atoms with Crippen molar-refractivity contribution in [1.82, 2.24) is 9.88 Å². The van der Waals surface area contributed by atoms with E-state index in [1.54, 1.807) is 6.07 Å². The summed E-state index contributed by atoms with van der Waals surface area (Å²) in [5.74, 6) is 3.87. The number of aromatic amines is 1. The van der Waals surface area contributed by atoms with E-state index >= 15 is 0 Å². The number of H-pyrrole nitrogens is 1. The average molecular weight is 336 g/mol. The molecule has 3 N–H and O–H groups in total. The van der Waals surface area contributed by atoms with Gasteiger partial charge in [-0.05, 0) is 24.1 Å². The van der Waals surface area contributed by atoms with Crippen LogP contribution in [0.4, 0.5) is 11.6 Å². The summed E-state index contributed by atoms with van der Waals surface area (Å²) in [6.07, 6.45) is 0.509. The summed E-state index contributed by atoms with van der Waals surface area (Å²) in [5.41, 5.74) is 0.899. The highest BCUT2D eigenvalue weighted by Gasteiger charge is 2.26. The molecular formula is C19H20N4O2. The summed E-state index contributed by atoms with van der Waals surface area (Å²) in [5, 5.41) is 13.3. The lowest BCUT2D eigenvalue weighted by Crippen LogP contribution is -2.27. The Morgan fingerprint density at radius 3 is 2.72 bits per heavy atom. The van der Waals surface area contributed by atoms with E-state index in [1.165, 1.54) is 11.2 Å². The first kappa shape index (κ1) is 16.8. The number of anilines is 1. The normalized spacial score (nSPS) is 16.0. The van der Waals surface area contributed by atoms with Crippen LogP contribution in [0.1, 0.15) is 38.1 Å². The number of rotatable bonds is 1. The number of aromatic nitrogens is 1. The van der Waals surface area contributed by atoms with Gasteiger partial charge >= 0.3 is 0 Å². The average Bonchev–Trinajstić information content (AvgIpc) is 2.98. The molecule has 1 amide bonds. The van der Waals surface area contributed by atoms with Crippen molar-refractivity contribution in [3.63, 3.8) is 0 Å². The monoisotopic (exact) mass is 336 g/mol. The molecule has 2 aromatic rings. The molecule has 25 heavy (non-hydrogen) atoms. The topological polar surface area (TPSA) is 80.7 Å². The second-order valence-electron chi connectivity index (χ2n) is 6.82. The molecule has 1 aliphatic rings. The summed E-state index contributed by atoms with van der Waals surface area (Å²) < 4.78 is 0. The van der Waals surface area contributed by atoms with Gasteiger partial charge in [-0.1, -0.05) is 39.0 Å². The number of hydrogen-bond donors (Lipinski definition) is 3. The zero-order valence-electron chi connectivity index (χ0n) is 14.4. The summed E-state index contributed by atoms with van der Waals surface area (Å²) in [4.78, 5) is 20.8. The summed E-state index contributed by atoms with van der Waals surface area (Å²) in [7, 11) is 0. The summed E-state index contributed by atoms with van der Waals surface area (Å²) in [6.45, 7) is 5.50. The maximum atomic E-state index is 12.1. The molecule has 6 nitrogen and oxygen atoms in total. The van der Waals surface area contributed by atoms with Crippen LogP contribution in [0.25, 0.3) is 0 Å². The number of nitrogens with one attached hydrogen (secondary N) is 2. The van der Waals surface area contributed by atoms with Crippen molar-refractivity contribution in [3.05, 3.63) is 47.5 Å². The quantitative estimate of drug-likeness (QED) is 0.700. The van der Waals surface area contributed by atoms with Gasteiger partial charge in [0.2, 0.25) is 5.91 Å². The molecule has 2 heterocycles. The number of fused-ring (bicyclic) bond motifs is 1. The van der Waals surface area contributed by atoms with Gasteiger partial charge < -0.3 is 15.4 Å². The molecule has 1 aromatic heterocycles. The Bertz CT molecular complexity index is 866. The van der Waals surface area contributed by atoms with Crippen LogP contribution in [0.3, 0.4) is 0 Å². The predicted molar refractivity (Wildman–Crippen MR) is 97.1 cm³/mol. The number of carbonyl (C=O) groups excluding carboxylic acids is 1. The number of aliphatic imine (C=N–C) groups is 1. The third-order valence-corrected chi connectivity index (χ3v) is 3.71. The minimum Gasteiger partial charge on any atom is -0.368 e. The summed E-state index contributed by atoms with van der Waals surface area (Å²) in [6, 6.07) is 14.1. The SMILES string of the molecule is CC(C)(C)C(=O)Nc1cc2c([nH]1)N=CN(C#Cc1ccccc1)C2O. The Labute approximate surface area is 146 Å². The standard InChI is InChI=1S/C19H20N4O2/c1-19(2,3)18(25)22-15-11-14-16(21-15)20-12-23(17(14)24)10-9-13-7-5-4-6-8-13/h4-8,11-12,17,21,24H,1-3H3,(H,22,25). The molecule has 0 bridgehead atoms. The van der Waals surface area contributed by atoms with Gasteiger partial charge in [0, 0.05) is 22.6 Å². The number of nitrogens with zero attached hydrogens (tertiary/aromatic N) is 2. The van der Waals surface area contributed by atoms with E-state index < -0.39 is 11.6 Å². The van der Waals surface area contributed by atoms with Gasteiger partial charge in [-0.3, -0.25) is 9.69 Å². The number of benzene rings is 1. The number of amides is 1. The van der Waals surface area contributed by atoms with Gasteiger partial charge in [-0.2, -0.15) is 0 Å². The highest BCUT2D eigenvalue weighted by atomic mass is 16.3. The van der Waals surface area contributed by atoms with Crippen molar-refractivity contribution in [3.8, 4) is 12.0 Å². The zero-order chi connectivity index (χ0) is 18.0. The molecule has 0 aliphatic carbocycles. The summed E-state index contributed by atoms with van der Waals surface area (Å²) >= 11 is 0. The second-order valence-corrected chi connectivity index (χ2v) is 6.82. The minimum absolute atomic E-state index is 0.120. The first-order valence-electron chi connectivity index (χ1n) is 7.96. The van der Waals surface area contributed by atoms with Crippen LogP contribution in [0, 0.1) is 17.4 Å². The van der Waals surface area contributed by atoms with E-state index in [4.69, 9.17) is 0 Å². The van der Waals surface area contributed by atoms with Crippen LogP contribution in [-0.4, -0.2) is 27.2 Å². The number of aliphatic hydroxyl groups excluding tert-OH is 1. The fourth-order valence-corrected chi connectivity index (χ4v) is 2.21. The molecule has 3 rings (SSSR count). The lowest BCUT2D eigenvalue weighted by atomic mass is 9.96. The van der Waals surface area contributed by atoms with Crippen molar-refractivity contribution in [2.24, 2.45) is 10.4 Å². The van der Waals surface area contributed by atoms with Gasteiger partial charge in [-0.15, -0.1) is 0 Å². The van der Waals surface area contributed by atoms with Gasteiger partial charge in [0.15, 0.2) is 6.23 Å². The van der Waals surface area contributed by atoms with E-state index in [1.807, 2.05) is 51.1 Å². The second kappa shape index (κ2) is 6.46. The van der Waals surface area contributed by atoms with E-state index in [9.17, 15) is 9.90 Å². The molecule has 1 aromatic carbocycles. The Kier molecular flexibility index (Phi) is 4.34. The molecule has 128 valence electrons. The van der Waals surface area contributed by atoms with Gasteiger partial charge in [-0.25, -0.2) is 4.99 Å². The lowest BCUT2D eigenvalue weighted by molar-refractivity contribution is -0.123. The fraction of sp³-hybridized carbons (Fsp3) is 0.263. The first-order valence-corrected chi connectivity index (χ1v) is 7.96. The van der Waals surface area contributed by atoms with Crippen molar-refractivity contribution < 1.29 is 9.90 Å². The van der Waals surface area contributed by atoms with E-state index in [0.717, 1.165) is 5.56 Å². The van der Waals surface area contributed by atoms with E-state index in [2.05, 4.69) is 27.3 Å². The maximum absolute atomic E-state index is 12.1. The van der Waals surface area contributed by atoms with Crippen LogP contribution in [0.2, 0.25) is 0 Å². The number of carbonyl (C=O) groups is 1.